The smallest absolute Gasteiger partial charge is 0.307 e. The van der Waals surface area contributed by atoms with Crippen molar-refractivity contribution in [1.82, 2.24) is 5.32 Å². The van der Waals surface area contributed by atoms with Crippen LogP contribution in [0.4, 0.5) is 0 Å². The fourth-order valence-electron chi connectivity index (χ4n) is 3.84. The van der Waals surface area contributed by atoms with E-state index in [4.69, 9.17) is 16.7 Å². The van der Waals surface area contributed by atoms with Gasteiger partial charge in [-0.1, -0.05) is 43.5 Å². The van der Waals surface area contributed by atoms with E-state index in [1.54, 1.807) is 0 Å². The molecule has 4 heteroatoms. The predicted molar refractivity (Wildman–Crippen MR) is 88.3 cm³/mol. The van der Waals surface area contributed by atoms with Crippen molar-refractivity contribution >= 4 is 17.6 Å². The zero-order chi connectivity index (χ0) is 15.7. The second kappa shape index (κ2) is 6.59. The second-order valence-electron chi connectivity index (χ2n) is 6.97. The van der Waals surface area contributed by atoms with Gasteiger partial charge in [-0.3, -0.25) is 4.79 Å². The zero-order valence-corrected chi connectivity index (χ0v) is 13.8. The Morgan fingerprint density at radius 3 is 2.59 bits per heavy atom. The van der Waals surface area contributed by atoms with E-state index in [9.17, 15) is 4.79 Å². The van der Waals surface area contributed by atoms with E-state index >= 15 is 0 Å². The normalized spacial score (nSPS) is 32.1. The van der Waals surface area contributed by atoms with Gasteiger partial charge >= 0.3 is 5.97 Å². The van der Waals surface area contributed by atoms with Gasteiger partial charge in [0.2, 0.25) is 0 Å². The minimum Gasteiger partial charge on any atom is -0.481 e. The Balaban J connectivity index is 1.71. The van der Waals surface area contributed by atoms with E-state index in [1.165, 1.54) is 31.2 Å². The lowest BCUT2D eigenvalue weighted by atomic mass is 9.79. The van der Waals surface area contributed by atoms with Crippen LogP contribution in [-0.2, 0) is 4.79 Å². The highest BCUT2D eigenvalue weighted by Crippen LogP contribution is 2.39. The predicted octanol–water partition coefficient (Wildman–Crippen LogP) is 4.37. The number of rotatable bonds is 3. The number of benzene rings is 1. The number of carboxylic acid groups (broad SMARTS) is 1. The minimum atomic E-state index is -0.714. The van der Waals surface area contributed by atoms with Gasteiger partial charge in [0, 0.05) is 17.6 Å². The molecule has 1 saturated carbocycles. The first kappa shape index (κ1) is 15.8. The Labute approximate surface area is 137 Å². The third kappa shape index (κ3) is 3.31. The van der Waals surface area contributed by atoms with Gasteiger partial charge in [0.25, 0.3) is 0 Å². The molecule has 2 atom stereocenters. The summed E-state index contributed by atoms with van der Waals surface area (Å²) in [5.41, 5.74) is 2.38. The summed E-state index contributed by atoms with van der Waals surface area (Å²) >= 11 is 6.53. The van der Waals surface area contributed by atoms with Crippen molar-refractivity contribution in [1.29, 1.82) is 0 Å². The standard InChI is InChI=1S/C18H24ClNO2/c1-11-2-4-12(5-3-11)15-7-6-13(8-16(15)19)17-9-14(10-20-17)18(21)22/h6-8,11-12,14,17,20H,2-5,9-10H2,1H3,(H,21,22). The molecule has 0 spiro atoms. The molecule has 3 rings (SSSR count). The molecule has 1 heterocycles. The van der Waals surface area contributed by atoms with Crippen LogP contribution in [-0.4, -0.2) is 17.6 Å². The third-order valence-electron chi connectivity index (χ3n) is 5.36. The van der Waals surface area contributed by atoms with Gasteiger partial charge in [0.1, 0.15) is 0 Å². The average Bonchev–Trinajstić information content (AvgIpc) is 2.98. The lowest BCUT2D eigenvalue weighted by Crippen LogP contribution is -2.17. The Morgan fingerprint density at radius 2 is 2.00 bits per heavy atom. The van der Waals surface area contributed by atoms with Crippen LogP contribution in [0.25, 0.3) is 0 Å². The maximum atomic E-state index is 11.1. The van der Waals surface area contributed by atoms with Crippen LogP contribution in [0.1, 0.15) is 62.1 Å². The summed E-state index contributed by atoms with van der Waals surface area (Å²) < 4.78 is 0. The number of nitrogens with one attached hydrogen (secondary N) is 1. The summed E-state index contributed by atoms with van der Waals surface area (Å²) in [6.07, 6.45) is 5.67. The van der Waals surface area contributed by atoms with Crippen molar-refractivity contribution < 1.29 is 9.90 Å². The van der Waals surface area contributed by atoms with Crippen LogP contribution in [0.5, 0.6) is 0 Å². The van der Waals surface area contributed by atoms with Crippen LogP contribution in [0.2, 0.25) is 5.02 Å². The molecule has 1 aliphatic carbocycles. The number of carbonyl (C=O) groups is 1. The first-order valence-electron chi connectivity index (χ1n) is 8.30. The van der Waals surface area contributed by atoms with Crippen molar-refractivity contribution in [3.05, 3.63) is 34.3 Å². The highest BCUT2D eigenvalue weighted by atomic mass is 35.5. The first-order valence-corrected chi connectivity index (χ1v) is 8.68. The maximum Gasteiger partial charge on any atom is 0.307 e. The summed E-state index contributed by atoms with van der Waals surface area (Å²) in [7, 11) is 0. The van der Waals surface area contributed by atoms with Crippen molar-refractivity contribution in [2.24, 2.45) is 11.8 Å². The Hall–Kier alpha value is -1.06. The second-order valence-corrected chi connectivity index (χ2v) is 7.38. The molecule has 1 saturated heterocycles. The van der Waals surface area contributed by atoms with Gasteiger partial charge in [-0.25, -0.2) is 0 Å². The van der Waals surface area contributed by atoms with Crippen LogP contribution in [0, 0.1) is 11.8 Å². The molecule has 22 heavy (non-hydrogen) atoms. The van der Waals surface area contributed by atoms with Crippen molar-refractivity contribution in [2.75, 3.05) is 6.54 Å². The zero-order valence-electron chi connectivity index (χ0n) is 13.0. The maximum absolute atomic E-state index is 11.1. The van der Waals surface area contributed by atoms with Gasteiger partial charge in [-0.15, -0.1) is 0 Å². The molecule has 0 bridgehead atoms. The SMILES string of the molecule is CC1CCC(c2ccc(C3CC(C(=O)O)CN3)cc2Cl)CC1. The summed E-state index contributed by atoms with van der Waals surface area (Å²) in [5, 5.41) is 13.2. The fourth-order valence-corrected chi connectivity index (χ4v) is 4.18. The van der Waals surface area contributed by atoms with E-state index in [0.29, 0.717) is 18.9 Å². The molecular weight excluding hydrogens is 298 g/mol. The van der Waals surface area contributed by atoms with Crippen LogP contribution < -0.4 is 5.32 Å². The molecule has 2 N–H and O–H groups in total. The molecule has 2 fully saturated rings. The summed E-state index contributed by atoms with van der Waals surface area (Å²) in [5.74, 6) is 0.420. The molecule has 0 aromatic heterocycles. The topological polar surface area (TPSA) is 49.3 Å². The first-order chi connectivity index (χ1) is 10.5. The Morgan fingerprint density at radius 1 is 1.27 bits per heavy atom. The van der Waals surface area contributed by atoms with Crippen molar-refractivity contribution in [3.63, 3.8) is 0 Å². The number of aliphatic carboxylic acids is 1. The van der Waals surface area contributed by atoms with Gasteiger partial charge in [0.15, 0.2) is 0 Å². The summed E-state index contributed by atoms with van der Waals surface area (Å²) in [6, 6.07) is 6.44. The van der Waals surface area contributed by atoms with Gasteiger partial charge in [-0.05, 0) is 48.3 Å². The lowest BCUT2D eigenvalue weighted by Gasteiger charge is -2.27. The van der Waals surface area contributed by atoms with Crippen LogP contribution in [0.15, 0.2) is 18.2 Å². The van der Waals surface area contributed by atoms with Gasteiger partial charge in [0.05, 0.1) is 5.92 Å². The molecule has 0 amide bonds. The average molecular weight is 322 g/mol. The van der Waals surface area contributed by atoms with E-state index < -0.39 is 5.97 Å². The molecule has 0 radical (unpaired) electrons. The van der Waals surface area contributed by atoms with Crippen LogP contribution in [0.3, 0.4) is 0 Å². The quantitative estimate of drug-likeness (QED) is 0.869. The number of hydrogen-bond acceptors (Lipinski definition) is 2. The number of hydrogen-bond donors (Lipinski definition) is 2. The fraction of sp³-hybridized carbons (Fsp3) is 0.611. The molecule has 2 aliphatic rings. The highest BCUT2D eigenvalue weighted by Gasteiger charge is 2.30. The summed E-state index contributed by atoms with van der Waals surface area (Å²) in [6.45, 7) is 2.87. The molecule has 1 aromatic carbocycles. The molecular formula is C18H24ClNO2. The van der Waals surface area contributed by atoms with Crippen molar-refractivity contribution in [3.8, 4) is 0 Å². The lowest BCUT2D eigenvalue weighted by molar-refractivity contribution is -0.141. The van der Waals surface area contributed by atoms with E-state index in [-0.39, 0.29) is 12.0 Å². The van der Waals surface area contributed by atoms with E-state index in [2.05, 4.69) is 24.4 Å². The third-order valence-corrected chi connectivity index (χ3v) is 5.69. The molecule has 120 valence electrons. The largest absolute Gasteiger partial charge is 0.481 e. The number of halogens is 1. The highest BCUT2D eigenvalue weighted by molar-refractivity contribution is 6.31. The molecule has 1 aromatic rings. The van der Waals surface area contributed by atoms with E-state index in [0.717, 1.165) is 16.5 Å². The van der Waals surface area contributed by atoms with Crippen LogP contribution >= 0.6 is 11.6 Å². The molecule has 1 aliphatic heterocycles. The monoisotopic (exact) mass is 321 g/mol. The molecule has 2 unspecified atom stereocenters. The van der Waals surface area contributed by atoms with Crippen molar-refractivity contribution in [2.45, 2.75) is 51.0 Å². The Kier molecular flexibility index (Phi) is 4.74. The number of carboxylic acids is 1. The van der Waals surface area contributed by atoms with Gasteiger partial charge in [-0.2, -0.15) is 0 Å². The minimum absolute atomic E-state index is 0.110. The van der Waals surface area contributed by atoms with E-state index in [1.807, 2.05) is 6.07 Å². The van der Waals surface area contributed by atoms with Gasteiger partial charge < -0.3 is 10.4 Å². The Bertz CT molecular complexity index is 552. The molecule has 3 nitrogen and oxygen atoms in total. The summed E-state index contributed by atoms with van der Waals surface area (Å²) in [4.78, 5) is 11.1.